The molecule has 1 N–H and O–H groups in total. The Morgan fingerprint density at radius 2 is 2.05 bits per heavy atom. The number of halogens is 1. The molecule has 1 aliphatic heterocycles. The fourth-order valence-corrected chi connectivity index (χ4v) is 2.99. The van der Waals surface area contributed by atoms with Gasteiger partial charge in [-0.2, -0.15) is 0 Å². The molecule has 0 radical (unpaired) electrons. The Labute approximate surface area is 123 Å². The summed E-state index contributed by atoms with van der Waals surface area (Å²) in [6.45, 7) is 4.27. The minimum Gasteiger partial charge on any atom is -0.506 e. The molecule has 2 heterocycles. The van der Waals surface area contributed by atoms with Crippen LogP contribution in [0.5, 0.6) is 5.75 Å². The average Bonchev–Trinajstić information content (AvgIpc) is 2.84. The zero-order valence-corrected chi connectivity index (χ0v) is 12.2. The lowest BCUT2D eigenvalue weighted by atomic mass is 9.84. The molecule has 1 aromatic carbocycles. The van der Waals surface area contributed by atoms with Crippen LogP contribution < -0.4 is 0 Å². The second-order valence-corrected chi connectivity index (χ2v) is 5.50. The highest BCUT2D eigenvalue weighted by atomic mass is 35.5. The number of benzene rings is 1. The second-order valence-electron chi connectivity index (χ2n) is 5.06. The van der Waals surface area contributed by atoms with Gasteiger partial charge in [0.1, 0.15) is 11.4 Å². The van der Waals surface area contributed by atoms with Crippen LogP contribution >= 0.6 is 11.6 Å². The summed E-state index contributed by atoms with van der Waals surface area (Å²) in [6.07, 6.45) is 2.58. The third-order valence-electron chi connectivity index (χ3n) is 4.05. The van der Waals surface area contributed by atoms with Gasteiger partial charge in [0, 0.05) is 22.3 Å². The van der Waals surface area contributed by atoms with E-state index in [0.29, 0.717) is 17.3 Å². The Morgan fingerprint density at radius 1 is 1.35 bits per heavy atom. The molecule has 0 saturated heterocycles. The van der Waals surface area contributed by atoms with Crippen molar-refractivity contribution in [1.82, 2.24) is 4.98 Å². The molecule has 1 aromatic heterocycles. The first-order chi connectivity index (χ1) is 9.58. The molecule has 20 heavy (non-hydrogen) atoms. The molecule has 4 heteroatoms. The van der Waals surface area contributed by atoms with E-state index in [1.165, 1.54) is 0 Å². The third-order valence-corrected chi connectivity index (χ3v) is 4.30. The number of hydrogen-bond donors (Lipinski definition) is 1. The number of nitrogens with zero attached hydrogens (tertiary/aromatic N) is 1. The van der Waals surface area contributed by atoms with Crippen molar-refractivity contribution >= 4 is 11.6 Å². The first kappa shape index (κ1) is 13.4. The van der Waals surface area contributed by atoms with Crippen molar-refractivity contribution < 1.29 is 9.84 Å². The standard InChI is InChI=1S/C16H16ClNO2/c1-3-16(11-4-6-12(17)7-5-11)14-8-18-10(2)15(19)13(14)9-20-16/h4-8,19H,3,9H2,1-2H3. The normalized spacial score (nSPS) is 20.9. The van der Waals surface area contributed by atoms with E-state index < -0.39 is 5.60 Å². The zero-order valence-electron chi connectivity index (χ0n) is 11.5. The van der Waals surface area contributed by atoms with Crippen LogP contribution in [0.2, 0.25) is 5.02 Å². The Kier molecular flexibility index (Phi) is 3.19. The Hall–Kier alpha value is -1.58. The smallest absolute Gasteiger partial charge is 0.142 e. The summed E-state index contributed by atoms with van der Waals surface area (Å²) < 4.78 is 6.08. The summed E-state index contributed by atoms with van der Waals surface area (Å²) in [4.78, 5) is 4.28. The van der Waals surface area contributed by atoms with Crippen LogP contribution in [-0.2, 0) is 16.9 Å². The van der Waals surface area contributed by atoms with Gasteiger partial charge in [-0.05, 0) is 31.0 Å². The van der Waals surface area contributed by atoms with E-state index in [0.717, 1.165) is 23.1 Å². The van der Waals surface area contributed by atoms with Crippen LogP contribution in [-0.4, -0.2) is 10.1 Å². The van der Waals surface area contributed by atoms with Crippen LogP contribution in [0.25, 0.3) is 0 Å². The van der Waals surface area contributed by atoms with Crippen molar-refractivity contribution in [1.29, 1.82) is 0 Å². The van der Waals surface area contributed by atoms with E-state index in [4.69, 9.17) is 16.3 Å². The second kappa shape index (κ2) is 4.76. The van der Waals surface area contributed by atoms with E-state index in [-0.39, 0.29) is 5.75 Å². The van der Waals surface area contributed by atoms with Gasteiger partial charge in [-0.1, -0.05) is 30.7 Å². The van der Waals surface area contributed by atoms with Crippen LogP contribution in [0.4, 0.5) is 0 Å². The molecule has 1 atom stereocenters. The van der Waals surface area contributed by atoms with Gasteiger partial charge in [0.2, 0.25) is 0 Å². The lowest BCUT2D eigenvalue weighted by molar-refractivity contribution is -0.00835. The fourth-order valence-electron chi connectivity index (χ4n) is 2.87. The fraction of sp³-hybridized carbons (Fsp3) is 0.312. The highest BCUT2D eigenvalue weighted by molar-refractivity contribution is 6.30. The van der Waals surface area contributed by atoms with Gasteiger partial charge >= 0.3 is 0 Å². The van der Waals surface area contributed by atoms with Gasteiger partial charge in [-0.3, -0.25) is 4.98 Å². The summed E-state index contributed by atoms with van der Waals surface area (Å²) in [6, 6.07) is 7.66. The summed E-state index contributed by atoms with van der Waals surface area (Å²) in [7, 11) is 0. The molecular formula is C16H16ClNO2. The lowest BCUT2D eigenvalue weighted by Gasteiger charge is -2.28. The molecule has 0 saturated carbocycles. The van der Waals surface area contributed by atoms with E-state index in [1.54, 1.807) is 6.92 Å². The first-order valence-corrected chi connectivity index (χ1v) is 7.04. The molecule has 1 unspecified atom stereocenters. The molecule has 0 spiro atoms. The number of ether oxygens (including phenoxy) is 1. The van der Waals surface area contributed by atoms with Crippen molar-refractivity contribution in [2.45, 2.75) is 32.5 Å². The van der Waals surface area contributed by atoms with E-state index in [2.05, 4.69) is 11.9 Å². The van der Waals surface area contributed by atoms with Crippen LogP contribution in [0.15, 0.2) is 30.5 Å². The summed E-state index contributed by atoms with van der Waals surface area (Å²) in [5.74, 6) is 0.242. The Morgan fingerprint density at radius 3 is 2.70 bits per heavy atom. The highest BCUT2D eigenvalue weighted by Gasteiger charge is 2.42. The lowest BCUT2D eigenvalue weighted by Crippen LogP contribution is -2.26. The SMILES string of the molecule is CCC1(c2ccc(Cl)cc2)OCc2c1cnc(C)c2O. The number of aryl methyl sites for hydroxylation is 1. The Balaban J connectivity index is 2.19. The van der Waals surface area contributed by atoms with Gasteiger partial charge in [-0.15, -0.1) is 0 Å². The molecule has 1 aliphatic rings. The van der Waals surface area contributed by atoms with Crippen molar-refractivity contribution in [2.24, 2.45) is 0 Å². The van der Waals surface area contributed by atoms with Gasteiger partial charge in [0.25, 0.3) is 0 Å². The maximum Gasteiger partial charge on any atom is 0.142 e. The highest BCUT2D eigenvalue weighted by Crippen LogP contribution is 2.47. The van der Waals surface area contributed by atoms with Crippen molar-refractivity contribution in [3.63, 3.8) is 0 Å². The quantitative estimate of drug-likeness (QED) is 0.911. The third kappa shape index (κ3) is 1.81. The zero-order chi connectivity index (χ0) is 14.3. The van der Waals surface area contributed by atoms with Gasteiger partial charge < -0.3 is 9.84 Å². The molecule has 3 rings (SSSR count). The maximum absolute atomic E-state index is 10.2. The topological polar surface area (TPSA) is 42.4 Å². The van der Waals surface area contributed by atoms with Gasteiger partial charge in [0.05, 0.1) is 12.3 Å². The number of aromatic hydroxyl groups is 1. The van der Waals surface area contributed by atoms with Crippen LogP contribution in [0, 0.1) is 6.92 Å². The largest absolute Gasteiger partial charge is 0.506 e. The monoisotopic (exact) mass is 289 g/mol. The number of aromatic nitrogens is 1. The molecule has 0 amide bonds. The number of pyridine rings is 1. The van der Waals surface area contributed by atoms with Gasteiger partial charge in [0.15, 0.2) is 0 Å². The van der Waals surface area contributed by atoms with Gasteiger partial charge in [-0.25, -0.2) is 0 Å². The predicted octanol–water partition coefficient (Wildman–Crippen LogP) is 3.93. The summed E-state index contributed by atoms with van der Waals surface area (Å²) >= 11 is 5.96. The summed E-state index contributed by atoms with van der Waals surface area (Å²) in [5, 5.41) is 10.9. The Bertz CT molecular complexity index is 654. The summed E-state index contributed by atoms with van der Waals surface area (Å²) in [5.41, 5.74) is 2.92. The number of fused-ring (bicyclic) bond motifs is 1. The minimum atomic E-state index is -0.544. The molecule has 3 nitrogen and oxygen atoms in total. The van der Waals surface area contributed by atoms with Crippen molar-refractivity contribution in [2.75, 3.05) is 0 Å². The predicted molar refractivity (Wildman–Crippen MR) is 78.0 cm³/mol. The maximum atomic E-state index is 10.2. The van der Waals surface area contributed by atoms with Crippen LogP contribution in [0.1, 0.15) is 35.7 Å². The van der Waals surface area contributed by atoms with E-state index >= 15 is 0 Å². The number of hydrogen-bond acceptors (Lipinski definition) is 3. The van der Waals surface area contributed by atoms with Crippen molar-refractivity contribution in [3.8, 4) is 5.75 Å². The molecule has 2 aromatic rings. The molecule has 0 fully saturated rings. The van der Waals surface area contributed by atoms with Crippen molar-refractivity contribution in [3.05, 3.63) is 57.9 Å². The average molecular weight is 290 g/mol. The molecule has 104 valence electrons. The molecular weight excluding hydrogens is 274 g/mol. The van der Waals surface area contributed by atoms with E-state index in [1.807, 2.05) is 30.5 Å². The molecule has 0 aliphatic carbocycles. The first-order valence-electron chi connectivity index (χ1n) is 6.66. The number of rotatable bonds is 2. The van der Waals surface area contributed by atoms with E-state index in [9.17, 15) is 5.11 Å². The minimum absolute atomic E-state index is 0.242. The molecule has 0 bridgehead atoms. The van der Waals surface area contributed by atoms with Crippen LogP contribution in [0.3, 0.4) is 0 Å².